The van der Waals surface area contributed by atoms with Gasteiger partial charge in [-0.3, -0.25) is 28.8 Å². The van der Waals surface area contributed by atoms with Crippen LogP contribution in [0.2, 0.25) is 0 Å². The van der Waals surface area contributed by atoms with Crippen molar-refractivity contribution in [3.63, 3.8) is 0 Å². The van der Waals surface area contributed by atoms with Crippen molar-refractivity contribution in [1.29, 1.82) is 0 Å². The lowest BCUT2D eigenvalue weighted by atomic mass is 9.43. The van der Waals surface area contributed by atoms with E-state index in [-0.39, 0.29) is 142 Å². The fraction of sp³-hybridized carbons (Fsp3) is 0.672. The zero-order chi connectivity index (χ0) is 64.2. The molecule has 0 bridgehead atoms. The predicted octanol–water partition coefficient (Wildman–Crippen LogP) is 4.37. The Morgan fingerprint density at radius 2 is 1.09 bits per heavy atom. The number of ether oxygens (including phenoxy) is 8. The highest BCUT2D eigenvalue weighted by atomic mass is 16.6. The number of phenols is 2. The molecule has 8 amide bonds. The van der Waals surface area contributed by atoms with Crippen molar-refractivity contribution in [2.45, 2.75) is 129 Å². The molecule has 0 aliphatic heterocycles. The Balaban J connectivity index is 0.939. The average Bonchev–Trinajstić information content (AvgIpc) is 1.32. The third kappa shape index (κ3) is 18.4. The average molecular weight is 1240 g/mol. The standard InChI is InChI=1S/C61H92N8O19/c1-7-8-9-10-19-61(4,80)46-16-11-38-37-31-45(88-58(79)67-33-48(71)65-23-25-84-27-29-86-35-50(73)69-42-13-15-44(82-6)52(54(42)75)56(63)77)40-30-36(17-20-59(40,2)39(37)18-21-60(38,46)3)87-57(78)66-32-47(70)64-22-24-83-26-28-85-34-49(72)68-41-12-14-43(81-5)51(53(41)74)55(62)76/h12-15,36-40,45-46,74-75,80H,7-11,16-35H2,1-6H3,(H2,62,76)(H2,63,77)(H,64,70)(H,65,71)(H,66,78)(H,67,79)(H,68,72)(H,69,73)/t36-,37-,38-,39-,40+,45-,46-,59+,60-,61-/m0/s1. The molecule has 4 saturated carbocycles. The van der Waals surface area contributed by atoms with Gasteiger partial charge in [-0.1, -0.05) is 46.5 Å². The molecule has 0 aromatic heterocycles. The lowest BCUT2D eigenvalue weighted by molar-refractivity contribution is -0.179. The van der Waals surface area contributed by atoms with Crippen LogP contribution >= 0.6 is 0 Å². The van der Waals surface area contributed by atoms with Gasteiger partial charge >= 0.3 is 12.2 Å². The number of alkyl carbamates (subject to hydrolysis) is 2. The number of primary amides is 2. The minimum absolute atomic E-state index is 0.0255. The van der Waals surface area contributed by atoms with Crippen LogP contribution in [0.5, 0.6) is 23.0 Å². The number of carbonyl (C=O) groups is 8. The number of amides is 8. The van der Waals surface area contributed by atoms with Gasteiger partial charge in [-0.05, 0) is 123 Å². The van der Waals surface area contributed by atoms with Gasteiger partial charge in [0, 0.05) is 19.0 Å². The SMILES string of the molecule is CCCCCC[C@](C)(O)[C@H]1CC[C@H]2[C@@H]3C[C@H](OC(=O)NCC(=O)NCCOCCOCC(=O)Nc4ccc(OC)c(C(N)=O)c4O)[C@H]4C[C@@H](OC(=O)NCC(=O)NCCOCCOCC(=O)Nc5ccc(OC)c(C(N)=O)c5O)CC[C@]4(C)[C@H]3CC[C@@]21C. The highest BCUT2D eigenvalue weighted by Gasteiger charge is 2.65. The van der Waals surface area contributed by atoms with Crippen molar-refractivity contribution in [2.24, 2.45) is 51.9 Å². The van der Waals surface area contributed by atoms with E-state index in [1.165, 1.54) is 38.5 Å². The normalized spacial score (nSPS) is 24.1. The number of fused-ring (bicyclic) bond motifs is 5. The van der Waals surface area contributed by atoms with E-state index in [1.807, 2.05) is 6.92 Å². The van der Waals surface area contributed by atoms with E-state index in [2.05, 4.69) is 52.7 Å². The van der Waals surface area contributed by atoms with Crippen LogP contribution in [0, 0.1) is 40.4 Å². The van der Waals surface area contributed by atoms with E-state index in [0.717, 1.165) is 57.8 Å². The van der Waals surface area contributed by atoms with Gasteiger partial charge in [-0.15, -0.1) is 0 Å². The molecule has 2 aromatic rings. The first kappa shape index (κ1) is 69.9. The molecule has 0 spiro atoms. The summed E-state index contributed by atoms with van der Waals surface area (Å²) in [6.07, 6.45) is 8.53. The molecule has 88 heavy (non-hydrogen) atoms. The summed E-state index contributed by atoms with van der Waals surface area (Å²) in [5, 5.41) is 48.3. The maximum absolute atomic E-state index is 13.7. The topological polar surface area (TPSA) is 395 Å². The van der Waals surface area contributed by atoms with Gasteiger partial charge in [0.2, 0.25) is 23.6 Å². The van der Waals surface area contributed by atoms with E-state index >= 15 is 0 Å². The van der Waals surface area contributed by atoms with Gasteiger partial charge in [0.15, 0.2) is 11.5 Å². The molecule has 0 radical (unpaired) electrons. The summed E-state index contributed by atoms with van der Waals surface area (Å²) in [7, 11) is 2.61. The fourth-order valence-corrected chi connectivity index (χ4v) is 14.2. The van der Waals surface area contributed by atoms with Gasteiger partial charge in [0.05, 0.1) is 83.9 Å². The van der Waals surface area contributed by atoms with Crippen LogP contribution in [-0.2, 0) is 47.6 Å². The highest BCUT2D eigenvalue weighted by Crippen LogP contribution is 2.69. The van der Waals surface area contributed by atoms with E-state index in [4.69, 9.17) is 49.4 Å². The largest absolute Gasteiger partial charge is 0.505 e. The van der Waals surface area contributed by atoms with Gasteiger partial charge in [-0.2, -0.15) is 0 Å². The second kappa shape index (κ2) is 32.9. The van der Waals surface area contributed by atoms with Gasteiger partial charge in [0.25, 0.3) is 11.8 Å². The second-order valence-corrected chi connectivity index (χ2v) is 24.0. The van der Waals surface area contributed by atoms with E-state index in [1.54, 1.807) is 0 Å². The monoisotopic (exact) mass is 1240 g/mol. The smallest absolute Gasteiger partial charge is 0.407 e. The Morgan fingerprint density at radius 1 is 0.591 bits per heavy atom. The summed E-state index contributed by atoms with van der Waals surface area (Å²) >= 11 is 0. The third-order valence-electron chi connectivity index (χ3n) is 18.3. The summed E-state index contributed by atoms with van der Waals surface area (Å²) in [5.74, 6) is -4.32. The number of rotatable bonds is 34. The number of benzene rings is 2. The zero-order valence-corrected chi connectivity index (χ0v) is 51.6. The van der Waals surface area contributed by atoms with Crippen molar-refractivity contribution in [3.05, 3.63) is 35.4 Å². The number of methoxy groups -OCH3 is 2. The molecule has 0 heterocycles. The molecule has 0 saturated heterocycles. The van der Waals surface area contributed by atoms with Crippen LogP contribution in [0.4, 0.5) is 21.0 Å². The first-order valence-electron chi connectivity index (χ1n) is 30.4. The van der Waals surface area contributed by atoms with Gasteiger partial charge in [0.1, 0.15) is 48.0 Å². The fourth-order valence-electron chi connectivity index (χ4n) is 14.2. The molecule has 4 aliphatic rings. The molecular formula is C61H92N8O19. The Bertz CT molecular complexity index is 2750. The number of nitrogens with one attached hydrogen (secondary N) is 6. The maximum Gasteiger partial charge on any atom is 0.407 e. The van der Waals surface area contributed by atoms with E-state index in [9.17, 15) is 53.7 Å². The van der Waals surface area contributed by atoms with Crippen molar-refractivity contribution < 1.29 is 91.6 Å². The molecule has 27 heteroatoms. The summed E-state index contributed by atoms with van der Waals surface area (Å²) in [5.41, 5.74) is 8.80. The molecule has 2 aromatic carbocycles. The van der Waals surface area contributed by atoms with Gasteiger partial charge < -0.3 is 96.6 Å². The van der Waals surface area contributed by atoms with Crippen LogP contribution in [0.15, 0.2) is 24.3 Å². The van der Waals surface area contributed by atoms with Gasteiger partial charge in [-0.25, -0.2) is 9.59 Å². The first-order valence-corrected chi connectivity index (χ1v) is 30.4. The lowest BCUT2D eigenvalue weighted by Gasteiger charge is -2.63. The van der Waals surface area contributed by atoms with Crippen LogP contribution in [-0.4, -0.2) is 174 Å². The van der Waals surface area contributed by atoms with Crippen LogP contribution in [0.1, 0.15) is 132 Å². The predicted molar refractivity (Wildman–Crippen MR) is 319 cm³/mol. The quantitative estimate of drug-likeness (QED) is 0.0342. The van der Waals surface area contributed by atoms with Crippen molar-refractivity contribution in [3.8, 4) is 23.0 Å². The van der Waals surface area contributed by atoms with E-state index in [0.29, 0.717) is 37.5 Å². The van der Waals surface area contributed by atoms with Crippen LogP contribution < -0.4 is 52.8 Å². The van der Waals surface area contributed by atoms with Crippen molar-refractivity contribution in [1.82, 2.24) is 21.3 Å². The number of nitrogens with two attached hydrogens (primary N) is 2. The van der Waals surface area contributed by atoms with Crippen molar-refractivity contribution >= 4 is 59.0 Å². The molecule has 13 N–H and O–H groups in total. The van der Waals surface area contributed by atoms with Crippen LogP contribution in [0.3, 0.4) is 0 Å². The minimum atomic E-state index is -0.939. The number of unbranched alkanes of at least 4 members (excludes halogenated alkanes) is 3. The number of anilines is 2. The second-order valence-electron chi connectivity index (χ2n) is 24.0. The molecule has 27 nitrogen and oxygen atoms in total. The summed E-state index contributed by atoms with van der Waals surface area (Å²) in [6, 6.07) is 5.45. The Morgan fingerprint density at radius 3 is 1.60 bits per heavy atom. The summed E-state index contributed by atoms with van der Waals surface area (Å²) in [6.45, 7) is 7.99. The number of aliphatic hydroxyl groups is 1. The molecule has 6 rings (SSSR count). The Labute approximate surface area is 513 Å². The Hall–Kier alpha value is -7.20. The zero-order valence-electron chi connectivity index (χ0n) is 51.6. The molecule has 4 aliphatic carbocycles. The lowest BCUT2D eigenvalue weighted by Crippen LogP contribution is -2.60. The maximum atomic E-state index is 13.7. The highest BCUT2D eigenvalue weighted by molar-refractivity contribution is 6.03. The van der Waals surface area contributed by atoms with E-state index < -0.39 is 76.9 Å². The molecule has 490 valence electrons. The first-order chi connectivity index (χ1) is 42.0. The minimum Gasteiger partial charge on any atom is -0.505 e. The molecular weight excluding hydrogens is 1150 g/mol. The number of hydrogen-bond donors (Lipinski definition) is 11. The molecule has 0 unspecified atom stereocenters. The third-order valence-corrected chi connectivity index (χ3v) is 18.3. The Kier molecular flexibility index (Phi) is 26.1. The summed E-state index contributed by atoms with van der Waals surface area (Å²) in [4.78, 5) is 101. The molecule has 4 fully saturated rings. The number of aromatic hydroxyl groups is 2. The van der Waals surface area contributed by atoms with Crippen molar-refractivity contribution in [2.75, 3.05) is 104 Å². The molecule has 10 atom stereocenters. The number of hydrogen-bond acceptors (Lipinski definition) is 19. The van der Waals surface area contributed by atoms with Crippen LogP contribution in [0.25, 0.3) is 0 Å². The number of carbonyl (C=O) groups excluding carboxylic acids is 8. The summed E-state index contributed by atoms with van der Waals surface area (Å²) < 4.78 is 44.0.